The summed E-state index contributed by atoms with van der Waals surface area (Å²) in [6.07, 6.45) is 0.815. The van der Waals surface area contributed by atoms with Crippen molar-refractivity contribution in [1.82, 2.24) is 4.90 Å². The molecule has 0 aliphatic carbocycles. The number of carbonyl (C=O) groups is 4. The normalized spacial score (nSPS) is 15.7. The zero-order chi connectivity index (χ0) is 37.1. The molecule has 0 N–H and O–H groups in total. The highest BCUT2D eigenvalue weighted by Crippen LogP contribution is 2.51. The van der Waals surface area contributed by atoms with Crippen LogP contribution in [0.25, 0.3) is 0 Å². The van der Waals surface area contributed by atoms with Crippen molar-refractivity contribution in [3.05, 3.63) is 146 Å². The molecule has 0 spiro atoms. The third-order valence-electron chi connectivity index (χ3n) is 8.31. The van der Waals surface area contributed by atoms with Gasteiger partial charge in [0.15, 0.2) is 6.61 Å². The molecule has 1 saturated heterocycles. The van der Waals surface area contributed by atoms with Crippen molar-refractivity contribution >= 4 is 63.1 Å². The lowest BCUT2D eigenvalue weighted by Gasteiger charge is -2.50. The Morgan fingerprint density at radius 3 is 1.79 bits per heavy atom. The van der Waals surface area contributed by atoms with Crippen molar-refractivity contribution in [2.24, 2.45) is 5.92 Å². The maximum Gasteiger partial charge on any atom is 0.508 e. The third-order valence-corrected chi connectivity index (χ3v) is 13.7. The maximum atomic E-state index is 14.7. The molecule has 0 bridgehead atoms. The van der Waals surface area contributed by atoms with Gasteiger partial charge >= 0.3 is 12.1 Å². The molecule has 5 rings (SSSR count). The van der Waals surface area contributed by atoms with Gasteiger partial charge in [0.2, 0.25) is 11.0 Å². The van der Waals surface area contributed by atoms with Gasteiger partial charge in [-0.15, -0.1) is 0 Å². The minimum absolute atomic E-state index is 0.0744. The van der Waals surface area contributed by atoms with Gasteiger partial charge in [-0.3, -0.25) is 14.5 Å². The lowest BCUT2D eigenvalue weighted by atomic mass is 9.92. The number of thioether (sulfide) groups is 1. The minimum Gasteiger partial charge on any atom is -0.485 e. The molecule has 4 aromatic carbocycles. The molecule has 1 heterocycles. The molecule has 0 radical (unpaired) electrons. The summed E-state index contributed by atoms with van der Waals surface area (Å²) in [5.41, 5.74) is 1.11. The van der Waals surface area contributed by atoms with Gasteiger partial charge in [0.1, 0.15) is 41.8 Å². The van der Waals surface area contributed by atoms with Gasteiger partial charge < -0.3 is 18.9 Å². The van der Waals surface area contributed by atoms with E-state index in [1.54, 1.807) is 19.1 Å². The number of likely N-dealkylation sites (tertiary alicyclic amines) is 1. The second-order valence-electron chi connectivity index (χ2n) is 11.8. The molecular formula is C41H40NO8PS. The Kier molecular flexibility index (Phi) is 13.0. The zero-order valence-corrected chi connectivity index (χ0v) is 30.7. The number of ether oxygens (including phenoxy) is 4. The molecular weight excluding hydrogens is 697 g/mol. The van der Waals surface area contributed by atoms with Gasteiger partial charge in [0.25, 0.3) is 0 Å². The first-order valence-electron chi connectivity index (χ1n) is 16.6. The fourth-order valence-electron chi connectivity index (χ4n) is 5.97. The number of benzene rings is 4. The van der Waals surface area contributed by atoms with Crippen LogP contribution < -0.4 is 20.7 Å². The van der Waals surface area contributed by atoms with Crippen LogP contribution in [0.3, 0.4) is 0 Å². The molecule has 1 fully saturated rings. The van der Waals surface area contributed by atoms with E-state index in [0.29, 0.717) is 5.75 Å². The Balaban J connectivity index is 1.73. The predicted octanol–water partition coefficient (Wildman–Crippen LogP) is 6.00. The van der Waals surface area contributed by atoms with Gasteiger partial charge in [0.05, 0.1) is 0 Å². The number of β-lactam (4-membered cyclic amide) rings is 1. The molecule has 9 nitrogen and oxygen atoms in total. The molecule has 1 amide bonds. The molecule has 3 atom stereocenters. The lowest BCUT2D eigenvalue weighted by Crippen LogP contribution is -2.67. The molecule has 0 unspecified atom stereocenters. The Hall–Kier alpha value is -5.31. The smallest absolute Gasteiger partial charge is 0.485 e. The first-order chi connectivity index (χ1) is 25.2. The van der Waals surface area contributed by atoms with Crippen LogP contribution in [0.5, 0.6) is 5.75 Å². The quantitative estimate of drug-likeness (QED) is 0.0629. The minimum atomic E-state index is -3.25. The highest BCUT2D eigenvalue weighted by molar-refractivity contribution is 8.14. The third kappa shape index (κ3) is 8.25. The number of hydrogen-bond acceptors (Lipinski definition) is 9. The number of hydrogen-bond donors (Lipinski definition) is 0. The monoisotopic (exact) mass is 737 g/mol. The van der Waals surface area contributed by atoms with Crippen LogP contribution in [-0.4, -0.2) is 64.8 Å². The van der Waals surface area contributed by atoms with Crippen molar-refractivity contribution in [3.8, 4) is 5.75 Å². The number of carbonyl (C=O) groups excluding carboxylic acids is 4. The predicted molar refractivity (Wildman–Crippen MR) is 207 cm³/mol. The van der Waals surface area contributed by atoms with Crippen LogP contribution in [0.4, 0.5) is 4.79 Å². The fraction of sp³-hybridized carbons (Fsp3) is 0.195. The van der Waals surface area contributed by atoms with E-state index in [0.717, 1.165) is 33.2 Å². The standard InChI is InChI=1S/C41H40NO8PS/c1-5-26-47-40(45)38(51(32-16-10-7-11-17-32,33-18-12-8-13-19-33)34-20-14-9-15-21-34)42-37(44)36(30(4)50-41(46)48-27-6-2)39(42)52-35(43)28-49-31-24-22-29(3)23-25-31/h5-25,30,36,39H,1-2,26-28H2,3-4H3/t30-,36+,39-/m1/s1. The van der Waals surface area contributed by atoms with E-state index in [4.69, 9.17) is 18.9 Å². The average Bonchev–Trinajstić information content (AvgIpc) is 3.16. The van der Waals surface area contributed by atoms with E-state index in [2.05, 4.69) is 13.2 Å². The van der Waals surface area contributed by atoms with Gasteiger partial charge in [0, 0.05) is 6.89 Å². The van der Waals surface area contributed by atoms with E-state index in [9.17, 15) is 19.2 Å². The lowest BCUT2D eigenvalue weighted by molar-refractivity contribution is -0.152. The average molecular weight is 738 g/mol. The highest BCUT2D eigenvalue weighted by Gasteiger charge is 2.57. The largest absolute Gasteiger partial charge is 0.508 e. The van der Waals surface area contributed by atoms with Crippen LogP contribution in [-0.2, 0) is 28.6 Å². The van der Waals surface area contributed by atoms with Crippen molar-refractivity contribution in [1.29, 1.82) is 0 Å². The van der Waals surface area contributed by atoms with Crippen LogP contribution in [0.2, 0.25) is 0 Å². The molecule has 0 aromatic heterocycles. The topological polar surface area (TPSA) is 108 Å². The molecule has 52 heavy (non-hydrogen) atoms. The Morgan fingerprint density at radius 2 is 1.29 bits per heavy atom. The van der Waals surface area contributed by atoms with Gasteiger partial charge in [-0.05, 0) is 41.9 Å². The van der Waals surface area contributed by atoms with E-state index in [-0.39, 0.29) is 25.2 Å². The number of esters is 1. The summed E-state index contributed by atoms with van der Waals surface area (Å²) >= 11 is 0.835. The fourth-order valence-corrected chi connectivity index (χ4v) is 11.6. The number of aryl methyl sites for hydroxylation is 1. The van der Waals surface area contributed by atoms with Crippen LogP contribution in [0.15, 0.2) is 141 Å². The van der Waals surface area contributed by atoms with Crippen molar-refractivity contribution in [2.75, 3.05) is 19.8 Å². The highest BCUT2D eigenvalue weighted by atomic mass is 32.2. The molecule has 11 heteroatoms. The van der Waals surface area contributed by atoms with Crippen molar-refractivity contribution < 1.29 is 38.1 Å². The summed E-state index contributed by atoms with van der Waals surface area (Å²) in [5.74, 6) is -1.80. The van der Waals surface area contributed by atoms with Crippen molar-refractivity contribution in [3.63, 3.8) is 0 Å². The summed E-state index contributed by atoms with van der Waals surface area (Å²) in [6.45, 7) is 6.99. The van der Waals surface area contributed by atoms with E-state index < -0.39 is 47.4 Å². The zero-order valence-electron chi connectivity index (χ0n) is 29.0. The second kappa shape index (κ2) is 17.8. The number of amides is 1. The summed E-state index contributed by atoms with van der Waals surface area (Å²) in [7, 11) is 0. The Bertz CT molecular complexity index is 1850. The maximum absolute atomic E-state index is 14.7. The SMILES string of the molecule is C=CCOC(=O)O[C@H](C)[C@H]1C(=O)N(C(C(=O)OCC=C)=P(c2ccccc2)(c2ccccc2)c2ccccc2)[C@@H]1SC(=O)COc1ccc(C)cc1. The number of nitrogens with zero attached hydrogens (tertiary/aromatic N) is 1. The number of rotatable bonds is 15. The second-order valence-corrected chi connectivity index (χ2v) is 16.3. The molecule has 268 valence electrons. The molecule has 4 aromatic rings. The molecule has 0 saturated carbocycles. The molecule has 1 aliphatic rings. The summed E-state index contributed by atoms with van der Waals surface area (Å²) in [4.78, 5) is 57.0. The first kappa shape index (κ1) is 37.9. The van der Waals surface area contributed by atoms with Crippen LogP contribution >= 0.6 is 18.6 Å². The molecule has 1 aliphatic heterocycles. The van der Waals surface area contributed by atoms with Gasteiger partial charge in [-0.2, -0.15) is 0 Å². The van der Waals surface area contributed by atoms with E-state index in [1.807, 2.05) is 110 Å². The summed E-state index contributed by atoms with van der Waals surface area (Å²) < 4.78 is 22.2. The van der Waals surface area contributed by atoms with Crippen LogP contribution in [0, 0.1) is 12.8 Å². The first-order valence-corrected chi connectivity index (χ1v) is 19.3. The van der Waals surface area contributed by atoms with Gasteiger partial charge in [-0.25, -0.2) is 9.59 Å². The Labute approximate surface area is 308 Å². The van der Waals surface area contributed by atoms with Crippen molar-refractivity contribution in [2.45, 2.75) is 25.3 Å². The summed E-state index contributed by atoms with van der Waals surface area (Å²) in [6, 6.07) is 35.8. The van der Waals surface area contributed by atoms with E-state index >= 15 is 0 Å². The summed E-state index contributed by atoms with van der Waals surface area (Å²) in [5, 5.41) is 0.944. The van der Waals surface area contributed by atoms with Crippen LogP contribution in [0.1, 0.15) is 12.5 Å². The van der Waals surface area contributed by atoms with E-state index in [1.165, 1.54) is 17.1 Å². The van der Waals surface area contributed by atoms with Gasteiger partial charge in [-0.1, -0.05) is 146 Å². The Morgan fingerprint density at radius 1 is 0.788 bits per heavy atom.